The second kappa shape index (κ2) is 5.30. The molecule has 0 amide bonds. The normalized spacial score (nSPS) is 10.2. The summed E-state index contributed by atoms with van der Waals surface area (Å²) in [6.07, 6.45) is 0. The number of benzene rings is 1. The first-order chi connectivity index (χ1) is 9.47. The Labute approximate surface area is 111 Å². The summed E-state index contributed by atoms with van der Waals surface area (Å²) in [5, 5.41) is 30.8. The molecule has 1 aromatic heterocycles. The summed E-state index contributed by atoms with van der Waals surface area (Å²) in [4.78, 5) is 22.2. The van der Waals surface area contributed by atoms with E-state index < -0.39 is 10.9 Å². The molecule has 0 spiro atoms. The van der Waals surface area contributed by atoms with E-state index in [1.165, 1.54) is 10.9 Å². The van der Waals surface area contributed by atoms with Gasteiger partial charge in [-0.3, -0.25) is 10.1 Å². The largest absolute Gasteiger partial charge is 0.485 e. The molecule has 0 aliphatic carbocycles. The topological polar surface area (TPSA) is 133 Å². The molecular weight excluding hydrogens is 270 g/mol. The summed E-state index contributed by atoms with van der Waals surface area (Å²) in [5.74, 6) is -1.06. The van der Waals surface area contributed by atoms with E-state index in [1.807, 2.05) is 0 Å². The van der Waals surface area contributed by atoms with Crippen LogP contribution >= 0.6 is 0 Å². The van der Waals surface area contributed by atoms with Gasteiger partial charge in [-0.15, -0.1) is 10.2 Å². The number of ether oxygens (including phenoxy) is 1. The maximum absolute atomic E-state index is 11.1. The molecule has 0 radical (unpaired) electrons. The lowest BCUT2D eigenvalue weighted by molar-refractivity contribution is -0.384. The van der Waals surface area contributed by atoms with Crippen LogP contribution in [0.1, 0.15) is 16.2 Å². The third-order valence-corrected chi connectivity index (χ3v) is 2.31. The van der Waals surface area contributed by atoms with E-state index in [2.05, 4.69) is 15.4 Å². The first kappa shape index (κ1) is 13.4. The highest BCUT2D eigenvalue weighted by Gasteiger charge is 2.17. The molecule has 0 bridgehead atoms. The van der Waals surface area contributed by atoms with Gasteiger partial charge in [-0.2, -0.15) is 4.80 Å². The molecule has 104 valence electrons. The molecule has 10 heteroatoms. The number of tetrazole rings is 1. The van der Waals surface area contributed by atoms with Crippen LogP contribution < -0.4 is 4.74 Å². The highest BCUT2D eigenvalue weighted by atomic mass is 16.6. The van der Waals surface area contributed by atoms with E-state index in [9.17, 15) is 14.9 Å². The third kappa shape index (κ3) is 2.85. The van der Waals surface area contributed by atoms with E-state index in [4.69, 9.17) is 9.84 Å². The predicted molar refractivity (Wildman–Crippen MR) is 63.2 cm³/mol. The number of non-ortho nitro benzene ring substituents is 1. The summed E-state index contributed by atoms with van der Waals surface area (Å²) in [6, 6.07) is 3.31. The molecule has 1 N–H and O–H groups in total. The molecule has 0 saturated heterocycles. The van der Waals surface area contributed by atoms with Crippen molar-refractivity contribution in [2.45, 2.75) is 6.61 Å². The fourth-order valence-electron chi connectivity index (χ4n) is 1.45. The van der Waals surface area contributed by atoms with E-state index in [0.29, 0.717) is 0 Å². The van der Waals surface area contributed by atoms with Gasteiger partial charge in [0.05, 0.1) is 12.0 Å². The van der Waals surface area contributed by atoms with Crippen LogP contribution in [0.5, 0.6) is 5.75 Å². The van der Waals surface area contributed by atoms with Crippen molar-refractivity contribution in [3.8, 4) is 5.75 Å². The van der Waals surface area contributed by atoms with Gasteiger partial charge in [0.1, 0.15) is 11.3 Å². The third-order valence-electron chi connectivity index (χ3n) is 2.31. The molecule has 0 fully saturated rings. The molecule has 2 rings (SSSR count). The van der Waals surface area contributed by atoms with Gasteiger partial charge in [-0.1, -0.05) is 0 Å². The summed E-state index contributed by atoms with van der Waals surface area (Å²) >= 11 is 0. The monoisotopic (exact) mass is 279 g/mol. The number of nitrogens with zero attached hydrogens (tertiary/aromatic N) is 5. The fourth-order valence-corrected chi connectivity index (χ4v) is 1.45. The van der Waals surface area contributed by atoms with Crippen molar-refractivity contribution in [3.05, 3.63) is 39.7 Å². The maximum Gasteiger partial charge on any atom is 0.339 e. The number of carboxylic acid groups (broad SMARTS) is 1. The Morgan fingerprint density at radius 1 is 1.55 bits per heavy atom. The number of nitro groups is 1. The molecule has 20 heavy (non-hydrogen) atoms. The van der Waals surface area contributed by atoms with Crippen LogP contribution in [0.2, 0.25) is 0 Å². The Bertz CT molecular complexity index is 668. The van der Waals surface area contributed by atoms with Gasteiger partial charge < -0.3 is 9.84 Å². The van der Waals surface area contributed by atoms with Gasteiger partial charge in [0.25, 0.3) is 5.69 Å². The summed E-state index contributed by atoms with van der Waals surface area (Å²) in [5.41, 5.74) is -0.629. The maximum atomic E-state index is 11.1. The highest BCUT2D eigenvalue weighted by molar-refractivity contribution is 5.91. The Morgan fingerprint density at radius 3 is 2.85 bits per heavy atom. The van der Waals surface area contributed by atoms with Crippen LogP contribution in [0.25, 0.3) is 0 Å². The molecule has 1 heterocycles. The van der Waals surface area contributed by atoms with E-state index >= 15 is 0 Å². The van der Waals surface area contributed by atoms with Crippen molar-refractivity contribution in [3.63, 3.8) is 0 Å². The lowest BCUT2D eigenvalue weighted by Gasteiger charge is -2.06. The Morgan fingerprint density at radius 2 is 2.30 bits per heavy atom. The number of aromatic carboxylic acids is 1. The minimum absolute atomic E-state index is 0.00412. The Kier molecular flexibility index (Phi) is 3.55. The van der Waals surface area contributed by atoms with Crippen LogP contribution in [0, 0.1) is 10.1 Å². The standard InChI is InChI=1S/C10H9N5O5/c1-14-12-9(11-13-14)5-20-8-3-2-6(15(18)19)4-7(8)10(16)17/h2-4H,5H2,1H3,(H,16,17). The molecule has 0 aliphatic heterocycles. The molecule has 1 aromatic carbocycles. The summed E-state index contributed by atoms with van der Waals surface area (Å²) < 4.78 is 5.25. The number of carbonyl (C=O) groups is 1. The van der Waals surface area contributed by atoms with Crippen LogP contribution in [0.15, 0.2) is 18.2 Å². The average Bonchev–Trinajstić information content (AvgIpc) is 2.81. The van der Waals surface area contributed by atoms with Gasteiger partial charge in [0, 0.05) is 12.1 Å². The molecular formula is C10H9N5O5. The zero-order chi connectivity index (χ0) is 14.7. The highest BCUT2D eigenvalue weighted by Crippen LogP contribution is 2.24. The van der Waals surface area contributed by atoms with Crippen molar-refractivity contribution in [1.82, 2.24) is 20.2 Å². The van der Waals surface area contributed by atoms with Gasteiger partial charge in [0.2, 0.25) is 5.82 Å². The SMILES string of the molecule is Cn1nnc(COc2ccc([N+](=O)[O-])cc2C(=O)O)n1. The van der Waals surface area contributed by atoms with Crippen LogP contribution in [0.3, 0.4) is 0 Å². The van der Waals surface area contributed by atoms with Crippen molar-refractivity contribution in [2.24, 2.45) is 7.05 Å². The lowest BCUT2D eigenvalue weighted by atomic mass is 10.2. The van der Waals surface area contributed by atoms with Gasteiger partial charge in [-0.05, 0) is 11.3 Å². The van der Waals surface area contributed by atoms with Gasteiger partial charge in [0.15, 0.2) is 6.61 Å². The van der Waals surface area contributed by atoms with Crippen molar-refractivity contribution in [1.29, 1.82) is 0 Å². The smallest absolute Gasteiger partial charge is 0.339 e. The Balaban J connectivity index is 2.22. The Hall–Kier alpha value is -3.04. The molecule has 0 aliphatic rings. The van der Waals surface area contributed by atoms with Gasteiger partial charge >= 0.3 is 5.97 Å². The van der Waals surface area contributed by atoms with E-state index in [1.54, 1.807) is 7.05 Å². The number of aryl methyl sites for hydroxylation is 1. The number of aromatic nitrogens is 4. The number of rotatable bonds is 5. The van der Waals surface area contributed by atoms with Crippen molar-refractivity contribution >= 4 is 11.7 Å². The predicted octanol–water partition coefficient (Wildman–Crippen LogP) is 0.395. The second-order valence-corrected chi connectivity index (χ2v) is 3.73. The molecule has 0 atom stereocenters. The minimum Gasteiger partial charge on any atom is -0.485 e. The van der Waals surface area contributed by atoms with Gasteiger partial charge in [-0.25, -0.2) is 4.79 Å². The van der Waals surface area contributed by atoms with Crippen LogP contribution in [-0.4, -0.2) is 36.2 Å². The van der Waals surface area contributed by atoms with Crippen LogP contribution in [-0.2, 0) is 13.7 Å². The van der Waals surface area contributed by atoms with E-state index in [0.717, 1.165) is 12.1 Å². The first-order valence-electron chi connectivity index (χ1n) is 5.35. The average molecular weight is 279 g/mol. The lowest BCUT2D eigenvalue weighted by Crippen LogP contribution is -2.05. The molecule has 2 aromatic rings. The second-order valence-electron chi connectivity index (χ2n) is 3.73. The number of carboxylic acids is 1. The zero-order valence-corrected chi connectivity index (χ0v) is 10.3. The summed E-state index contributed by atoms with van der Waals surface area (Å²) in [6.45, 7) is -0.0913. The zero-order valence-electron chi connectivity index (χ0n) is 10.3. The molecule has 10 nitrogen and oxygen atoms in total. The number of hydrogen-bond donors (Lipinski definition) is 1. The fraction of sp³-hybridized carbons (Fsp3) is 0.200. The quantitative estimate of drug-likeness (QED) is 0.613. The molecule has 0 saturated carbocycles. The first-order valence-corrected chi connectivity index (χ1v) is 5.35. The van der Waals surface area contributed by atoms with Crippen molar-refractivity contribution in [2.75, 3.05) is 0 Å². The summed E-state index contributed by atoms with van der Waals surface area (Å²) in [7, 11) is 1.57. The van der Waals surface area contributed by atoms with Crippen LogP contribution in [0.4, 0.5) is 5.69 Å². The van der Waals surface area contributed by atoms with E-state index in [-0.39, 0.29) is 29.4 Å². The van der Waals surface area contributed by atoms with Crippen molar-refractivity contribution < 1.29 is 19.6 Å². The molecule has 0 unspecified atom stereocenters. The minimum atomic E-state index is -1.32. The number of hydrogen-bond acceptors (Lipinski definition) is 7. The number of nitro benzene ring substituents is 1.